The molecule has 1 aromatic carbocycles. The van der Waals surface area contributed by atoms with Gasteiger partial charge < -0.3 is 15.3 Å². The van der Waals surface area contributed by atoms with E-state index >= 15 is 0 Å². The quantitative estimate of drug-likeness (QED) is 0.855. The van der Waals surface area contributed by atoms with Gasteiger partial charge in [-0.05, 0) is 43.5 Å². The lowest BCUT2D eigenvalue weighted by Crippen LogP contribution is -2.45. The molecule has 6 nitrogen and oxygen atoms in total. The minimum atomic E-state index is 0.0505. The van der Waals surface area contributed by atoms with Crippen molar-refractivity contribution in [1.29, 1.82) is 0 Å². The van der Waals surface area contributed by atoms with E-state index in [1.807, 2.05) is 17.0 Å². The van der Waals surface area contributed by atoms with Crippen molar-refractivity contribution in [3.8, 4) is 17.0 Å². The molecule has 2 amide bonds. The van der Waals surface area contributed by atoms with Crippen LogP contribution in [0.4, 0.5) is 4.79 Å². The Kier molecular flexibility index (Phi) is 5.46. The Bertz CT molecular complexity index is 844. The number of aryl methyl sites for hydroxylation is 1. The second-order valence-electron chi connectivity index (χ2n) is 7.73. The smallest absolute Gasteiger partial charge is 0.317 e. The Labute approximate surface area is 166 Å². The molecule has 2 aliphatic rings. The summed E-state index contributed by atoms with van der Waals surface area (Å²) in [4.78, 5) is 24.2. The van der Waals surface area contributed by atoms with Gasteiger partial charge in [-0.25, -0.2) is 14.8 Å². The number of carbonyl (C=O) groups is 1. The summed E-state index contributed by atoms with van der Waals surface area (Å²) < 4.78 is 0. The fraction of sp³-hybridized carbons (Fsp3) is 0.500. The number of benzene rings is 1. The van der Waals surface area contributed by atoms with Crippen LogP contribution in [0.3, 0.4) is 0 Å². The lowest BCUT2D eigenvalue weighted by molar-refractivity contribution is 0.196. The van der Waals surface area contributed by atoms with E-state index < -0.39 is 0 Å². The average Bonchev–Trinajstić information content (AvgIpc) is 3.12. The van der Waals surface area contributed by atoms with E-state index in [1.165, 1.54) is 12.8 Å². The van der Waals surface area contributed by atoms with Crippen molar-refractivity contribution < 1.29 is 9.90 Å². The molecule has 148 valence electrons. The third kappa shape index (κ3) is 3.96. The van der Waals surface area contributed by atoms with Crippen LogP contribution in [0.5, 0.6) is 5.75 Å². The van der Waals surface area contributed by atoms with E-state index in [9.17, 15) is 9.90 Å². The highest BCUT2D eigenvalue weighted by molar-refractivity contribution is 5.75. The Morgan fingerprint density at radius 1 is 1.14 bits per heavy atom. The van der Waals surface area contributed by atoms with E-state index in [4.69, 9.17) is 9.97 Å². The first-order valence-electron chi connectivity index (χ1n) is 10.4. The summed E-state index contributed by atoms with van der Waals surface area (Å²) in [7, 11) is 0. The summed E-state index contributed by atoms with van der Waals surface area (Å²) in [6, 6.07) is 7.55. The lowest BCUT2D eigenvalue weighted by atomic mass is 10.0. The van der Waals surface area contributed by atoms with Gasteiger partial charge in [0.05, 0.1) is 5.69 Å². The van der Waals surface area contributed by atoms with Crippen LogP contribution in [0.2, 0.25) is 0 Å². The molecule has 4 rings (SSSR count). The number of urea groups is 1. The Balaban J connectivity index is 1.58. The van der Waals surface area contributed by atoms with Gasteiger partial charge in [0.25, 0.3) is 0 Å². The Hall–Kier alpha value is -2.63. The zero-order chi connectivity index (χ0) is 19.5. The van der Waals surface area contributed by atoms with Crippen LogP contribution >= 0.6 is 0 Å². The molecular formula is C22H28N4O2. The molecule has 2 N–H and O–H groups in total. The zero-order valence-electron chi connectivity index (χ0n) is 16.4. The topological polar surface area (TPSA) is 78.4 Å². The van der Waals surface area contributed by atoms with Gasteiger partial charge in [-0.1, -0.05) is 19.8 Å². The fourth-order valence-corrected chi connectivity index (χ4v) is 4.21. The van der Waals surface area contributed by atoms with E-state index in [2.05, 4.69) is 12.2 Å². The summed E-state index contributed by atoms with van der Waals surface area (Å²) in [6.45, 7) is 3.41. The molecule has 0 atom stereocenters. The number of nitrogens with one attached hydrogen (secondary N) is 1. The van der Waals surface area contributed by atoms with E-state index in [1.54, 1.807) is 12.1 Å². The third-order valence-electron chi connectivity index (χ3n) is 5.82. The molecule has 1 aliphatic heterocycles. The number of nitrogens with zero attached hydrogens (tertiary/aromatic N) is 3. The molecule has 1 saturated carbocycles. The van der Waals surface area contributed by atoms with Crippen molar-refractivity contribution in [2.45, 2.75) is 57.9 Å². The van der Waals surface area contributed by atoms with Gasteiger partial charge in [0, 0.05) is 48.8 Å². The van der Waals surface area contributed by atoms with E-state index in [0.717, 1.165) is 60.4 Å². The SMILES string of the molecule is CCc1nc2c(c(-c3ccc(O)cc3)n1)CCN(C(=O)NC1CCCC1)CC2. The van der Waals surface area contributed by atoms with Gasteiger partial charge in [-0.2, -0.15) is 0 Å². The second kappa shape index (κ2) is 8.17. The van der Waals surface area contributed by atoms with Crippen molar-refractivity contribution >= 4 is 6.03 Å². The maximum Gasteiger partial charge on any atom is 0.317 e. The molecule has 28 heavy (non-hydrogen) atoms. The molecule has 2 heterocycles. The van der Waals surface area contributed by atoms with Crippen LogP contribution in [0.1, 0.15) is 49.7 Å². The highest BCUT2D eigenvalue weighted by Crippen LogP contribution is 2.28. The number of fused-ring (bicyclic) bond motifs is 1. The predicted molar refractivity (Wildman–Crippen MR) is 108 cm³/mol. The van der Waals surface area contributed by atoms with E-state index in [-0.39, 0.29) is 11.8 Å². The van der Waals surface area contributed by atoms with Crippen LogP contribution in [0.15, 0.2) is 24.3 Å². The van der Waals surface area contributed by atoms with Gasteiger partial charge >= 0.3 is 6.03 Å². The summed E-state index contributed by atoms with van der Waals surface area (Å²) >= 11 is 0. The summed E-state index contributed by atoms with van der Waals surface area (Å²) in [5.74, 6) is 1.07. The molecule has 0 unspecified atom stereocenters. The Morgan fingerprint density at radius 3 is 2.57 bits per heavy atom. The van der Waals surface area contributed by atoms with Gasteiger partial charge in [0.2, 0.25) is 0 Å². The fourth-order valence-electron chi connectivity index (χ4n) is 4.21. The highest BCUT2D eigenvalue weighted by atomic mass is 16.3. The number of rotatable bonds is 3. The molecule has 0 radical (unpaired) electrons. The van der Waals surface area contributed by atoms with Crippen LogP contribution in [0.25, 0.3) is 11.3 Å². The van der Waals surface area contributed by atoms with Crippen molar-refractivity contribution in [3.63, 3.8) is 0 Å². The largest absolute Gasteiger partial charge is 0.508 e. The van der Waals surface area contributed by atoms with Crippen molar-refractivity contribution in [2.24, 2.45) is 0 Å². The van der Waals surface area contributed by atoms with Gasteiger partial charge in [-0.15, -0.1) is 0 Å². The monoisotopic (exact) mass is 380 g/mol. The molecule has 1 aromatic heterocycles. The highest BCUT2D eigenvalue weighted by Gasteiger charge is 2.25. The second-order valence-corrected chi connectivity index (χ2v) is 7.73. The minimum Gasteiger partial charge on any atom is -0.508 e. The predicted octanol–water partition coefficient (Wildman–Crippen LogP) is 3.46. The number of hydrogen-bond acceptors (Lipinski definition) is 4. The van der Waals surface area contributed by atoms with Gasteiger partial charge in [-0.3, -0.25) is 0 Å². The molecule has 1 fully saturated rings. The summed E-state index contributed by atoms with van der Waals surface area (Å²) in [6.07, 6.45) is 6.86. The number of carbonyl (C=O) groups excluding carboxylic acids is 1. The zero-order valence-corrected chi connectivity index (χ0v) is 16.4. The van der Waals surface area contributed by atoms with Crippen LogP contribution in [-0.4, -0.2) is 45.1 Å². The molecule has 6 heteroatoms. The third-order valence-corrected chi connectivity index (χ3v) is 5.82. The van der Waals surface area contributed by atoms with Crippen molar-refractivity contribution in [3.05, 3.63) is 41.3 Å². The first-order chi connectivity index (χ1) is 13.6. The van der Waals surface area contributed by atoms with Crippen molar-refractivity contribution in [2.75, 3.05) is 13.1 Å². The Morgan fingerprint density at radius 2 is 1.86 bits per heavy atom. The molecule has 1 aliphatic carbocycles. The van der Waals surface area contributed by atoms with Gasteiger partial charge in [0.15, 0.2) is 0 Å². The van der Waals surface area contributed by atoms with E-state index in [0.29, 0.717) is 19.1 Å². The number of aromatic hydroxyl groups is 1. The average molecular weight is 380 g/mol. The molecule has 0 saturated heterocycles. The van der Waals surface area contributed by atoms with Crippen LogP contribution in [-0.2, 0) is 19.3 Å². The first kappa shape index (κ1) is 18.7. The minimum absolute atomic E-state index is 0.0505. The number of aromatic nitrogens is 2. The maximum absolute atomic E-state index is 12.7. The number of phenolic OH excluding ortho intramolecular Hbond substituents is 1. The van der Waals surface area contributed by atoms with Gasteiger partial charge in [0.1, 0.15) is 11.6 Å². The van der Waals surface area contributed by atoms with Crippen LogP contribution < -0.4 is 5.32 Å². The molecule has 0 bridgehead atoms. The molecule has 2 aromatic rings. The molecular weight excluding hydrogens is 352 g/mol. The number of hydrogen-bond donors (Lipinski definition) is 2. The number of amides is 2. The normalized spacial score (nSPS) is 17.2. The maximum atomic E-state index is 12.7. The number of phenols is 1. The van der Waals surface area contributed by atoms with Crippen molar-refractivity contribution in [1.82, 2.24) is 20.2 Å². The standard InChI is InChI=1S/C22H28N4O2/c1-2-20-24-19-12-14-26(22(28)23-16-5-3-4-6-16)13-11-18(19)21(25-20)15-7-9-17(27)10-8-15/h7-10,16,27H,2-6,11-14H2,1H3,(H,23,28). The summed E-state index contributed by atoms with van der Waals surface area (Å²) in [5, 5.41) is 12.8. The molecule has 0 spiro atoms. The van der Waals surface area contributed by atoms with Crippen LogP contribution in [0, 0.1) is 0 Å². The summed E-state index contributed by atoms with van der Waals surface area (Å²) in [5.41, 5.74) is 4.08. The lowest BCUT2D eigenvalue weighted by Gasteiger charge is -2.23. The first-order valence-corrected chi connectivity index (χ1v) is 10.4.